The lowest BCUT2D eigenvalue weighted by molar-refractivity contribution is 0.474. The van der Waals surface area contributed by atoms with Crippen LogP contribution in [-0.4, -0.2) is 0 Å². The minimum atomic E-state index is -0.151. The number of benzene rings is 1. The first-order valence-corrected chi connectivity index (χ1v) is 8.41. The van der Waals surface area contributed by atoms with Crippen LogP contribution in [0.1, 0.15) is 81.9 Å². The Balaban J connectivity index is 2.23. The van der Waals surface area contributed by atoms with Gasteiger partial charge in [-0.2, -0.15) is 0 Å². The summed E-state index contributed by atoms with van der Waals surface area (Å²) in [6.07, 6.45) is 11.5. The topological polar surface area (TPSA) is 38.0 Å². The maximum absolute atomic E-state index is 13.3. The van der Waals surface area contributed by atoms with Gasteiger partial charge in [-0.15, -0.1) is 0 Å². The molecule has 0 radical (unpaired) electrons. The van der Waals surface area contributed by atoms with Crippen LogP contribution in [0.2, 0.25) is 0 Å². The molecule has 0 amide bonds. The quantitative estimate of drug-likeness (QED) is 0.336. The largest absolute Gasteiger partial charge is 0.271 e. The normalized spacial score (nSPS) is 12.6. The van der Waals surface area contributed by atoms with E-state index >= 15 is 0 Å². The Labute approximate surface area is 129 Å². The van der Waals surface area contributed by atoms with E-state index in [1.807, 2.05) is 12.1 Å². The SMILES string of the molecule is CCCCCCCCCCC(NN)c1ccc(F)c(C)c1. The molecule has 1 unspecified atom stereocenters. The zero-order valence-electron chi connectivity index (χ0n) is 13.6. The maximum Gasteiger partial charge on any atom is 0.126 e. The molecule has 0 saturated heterocycles. The predicted molar refractivity (Wildman–Crippen MR) is 88.4 cm³/mol. The average molecular weight is 294 g/mol. The van der Waals surface area contributed by atoms with Crippen LogP contribution in [0.25, 0.3) is 0 Å². The first-order valence-electron chi connectivity index (χ1n) is 8.41. The van der Waals surface area contributed by atoms with Crippen molar-refractivity contribution in [3.05, 3.63) is 35.1 Å². The van der Waals surface area contributed by atoms with E-state index in [-0.39, 0.29) is 11.9 Å². The van der Waals surface area contributed by atoms with E-state index in [2.05, 4.69) is 12.3 Å². The molecule has 0 spiro atoms. The van der Waals surface area contributed by atoms with E-state index in [1.165, 1.54) is 57.4 Å². The smallest absolute Gasteiger partial charge is 0.126 e. The summed E-state index contributed by atoms with van der Waals surface area (Å²) in [6.45, 7) is 4.04. The molecular weight excluding hydrogens is 263 g/mol. The number of hydrogen-bond donors (Lipinski definition) is 2. The van der Waals surface area contributed by atoms with Crippen LogP contribution in [-0.2, 0) is 0 Å². The highest BCUT2D eigenvalue weighted by molar-refractivity contribution is 5.26. The van der Waals surface area contributed by atoms with Gasteiger partial charge in [0.2, 0.25) is 0 Å². The molecule has 0 aliphatic heterocycles. The number of nitrogens with two attached hydrogens (primary N) is 1. The third kappa shape index (κ3) is 7.05. The molecule has 1 aromatic rings. The van der Waals surface area contributed by atoms with Crippen molar-refractivity contribution in [3.8, 4) is 0 Å². The van der Waals surface area contributed by atoms with Gasteiger partial charge in [0.1, 0.15) is 5.82 Å². The van der Waals surface area contributed by atoms with Gasteiger partial charge in [0, 0.05) is 6.04 Å². The summed E-state index contributed by atoms with van der Waals surface area (Å²) in [4.78, 5) is 0. The molecule has 2 nitrogen and oxygen atoms in total. The van der Waals surface area contributed by atoms with E-state index in [0.717, 1.165) is 12.0 Å². The Morgan fingerprint density at radius 3 is 2.24 bits per heavy atom. The third-order valence-corrected chi connectivity index (χ3v) is 4.13. The van der Waals surface area contributed by atoms with E-state index in [1.54, 1.807) is 6.92 Å². The minimum Gasteiger partial charge on any atom is -0.271 e. The van der Waals surface area contributed by atoms with Crippen molar-refractivity contribution in [2.75, 3.05) is 0 Å². The van der Waals surface area contributed by atoms with Gasteiger partial charge < -0.3 is 0 Å². The number of hydrogen-bond acceptors (Lipinski definition) is 2. The fraction of sp³-hybridized carbons (Fsp3) is 0.667. The average Bonchev–Trinajstić information content (AvgIpc) is 2.49. The number of unbranched alkanes of at least 4 members (excludes halogenated alkanes) is 7. The van der Waals surface area contributed by atoms with Crippen LogP contribution < -0.4 is 11.3 Å². The lowest BCUT2D eigenvalue weighted by Gasteiger charge is -2.17. The molecule has 3 N–H and O–H groups in total. The van der Waals surface area contributed by atoms with E-state index in [4.69, 9.17) is 5.84 Å². The van der Waals surface area contributed by atoms with E-state index in [9.17, 15) is 4.39 Å². The summed E-state index contributed by atoms with van der Waals surface area (Å²) in [6, 6.07) is 5.38. The summed E-state index contributed by atoms with van der Waals surface area (Å²) < 4.78 is 13.3. The van der Waals surface area contributed by atoms with Gasteiger partial charge in [0.05, 0.1) is 0 Å². The number of aryl methyl sites for hydroxylation is 1. The van der Waals surface area contributed by atoms with Gasteiger partial charge in [-0.25, -0.2) is 4.39 Å². The van der Waals surface area contributed by atoms with Crippen LogP contribution in [0.5, 0.6) is 0 Å². The van der Waals surface area contributed by atoms with Crippen molar-refractivity contribution in [1.82, 2.24) is 5.43 Å². The van der Waals surface area contributed by atoms with Crippen LogP contribution in [0.15, 0.2) is 18.2 Å². The van der Waals surface area contributed by atoms with Crippen LogP contribution in [0.3, 0.4) is 0 Å². The van der Waals surface area contributed by atoms with Crippen molar-refractivity contribution in [1.29, 1.82) is 0 Å². The third-order valence-electron chi connectivity index (χ3n) is 4.13. The fourth-order valence-corrected chi connectivity index (χ4v) is 2.71. The Morgan fingerprint density at radius 2 is 1.67 bits per heavy atom. The molecule has 0 aliphatic carbocycles. The van der Waals surface area contributed by atoms with Crippen LogP contribution in [0.4, 0.5) is 4.39 Å². The van der Waals surface area contributed by atoms with E-state index < -0.39 is 0 Å². The van der Waals surface area contributed by atoms with Gasteiger partial charge in [-0.3, -0.25) is 11.3 Å². The van der Waals surface area contributed by atoms with Crippen molar-refractivity contribution in [2.45, 2.75) is 77.7 Å². The standard InChI is InChI=1S/C18H31FN2/c1-3-4-5-6-7-8-9-10-11-18(21-20)16-12-13-17(19)15(2)14-16/h12-14,18,21H,3-11,20H2,1-2H3. The zero-order chi connectivity index (χ0) is 15.5. The fourth-order valence-electron chi connectivity index (χ4n) is 2.71. The first-order chi connectivity index (χ1) is 10.2. The van der Waals surface area contributed by atoms with Crippen LogP contribution >= 0.6 is 0 Å². The summed E-state index contributed by atoms with van der Waals surface area (Å²) >= 11 is 0. The molecule has 0 bridgehead atoms. The molecular formula is C18H31FN2. The molecule has 0 aliphatic rings. The minimum absolute atomic E-state index is 0.129. The molecule has 0 saturated carbocycles. The second-order valence-electron chi connectivity index (χ2n) is 5.99. The molecule has 1 atom stereocenters. The van der Waals surface area contributed by atoms with Gasteiger partial charge in [-0.1, -0.05) is 70.4 Å². The second-order valence-corrected chi connectivity index (χ2v) is 5.99. The summed E-state index contributed by atoms with van der Waals surface area (Å²) in [5.41, 5.74) is 4.63. The molecule has 21 heavy (non-hydrogen) atoms. The molecule has 0 aromatic heterocycles. The number of hydrazine groups is 1. The number of halogens is 1. The lowest BCUT2D eigenvalue weighted by atomic mass is 9.98. The van der Waals surface area contributed by atoms with Gasteiger partial charge >= 0.3 is 0 Å². The zero-order valence-corrected chi connectivity index (χ0v) is 13.6. The Morgan fingerprint density at radius 1 is 1.05 bits per heavy atom. The summed E-state index contributed by atoms with van der Waals surface area (Å²) in [5, 5.41) is 0. The van der Waals surface area contributed by atoms with Crippen molar-refractivity contribution in [2.24, 2.45) is 5.84 Å². The van der Waals surface area contributed by atoms with Gasteiger partial charge in [0.15, 0.2) is 0 Å². The molecule has 0 fully saturated rings. The first kappa shape index (κ1) is 18.1. The molecule has 1 rings (SSSR count). The second kappa shape index (κ2) is 10.7. The number of rotatable bonds is 11. The molecule has 3 heteroatoms. The molecule has 1 aromatic carbocycles. The monoisotopic (exact) mass is 294 g/mol. The lowest BCUT2D eigenvalue weighted by Crippen LogP contribution is -2.28. The Hall–Kier alpha value is -0.930. The molecule has 0 heterocycles. The van der Waals surface area contributed by atoms with Gasteiger partial charge in [-0.05, 0) is 30.5 Å². The Bertz CT molecular complexity index is 393. The van der Waals surface area contributed by atoms with Crippen molar-refractivity contribution >= 4 is 0 Å². The van der Waals surface area contributed by atoms with Gasteiger partial charge in [0.25, 0.3) is 0 Å². The Kier molecular flexibility index (Phi) is 9.27. The van der Waals surface area contributed by atoms with E-state index in [0.29, 0.717) is 5.56 Å². The predicted octanol–water partition coefficient (Wildman–Crippen LogP) is 5.17. The van der Waals surface area contributed by atoms with Crippen molar-refractivity contribution < 1.29 is 4.39 Å². The molecule has 120 valence electrons. The summed E-state index contributed by atoms with van der Waals surface area (Å²) in [7, 11) is 0. The number of nitrogens with one attached hydrogen (secondary N) is 1. The highest BCUT2D eigenvalue weighted by Gasteiger charge is 2.10. The highest BCUT2D eigenvalue weighted by atomic mass is 19.1. The maximum atomic E-state index is 13.3. The highest BCUT2D eigenvalue weighted by Crippen LogP contribution is 2.22. The van der Waals surface area contributed by atoms with Crippen LogP contribution in [0, 0.1) is 12.7 Å². The summed E-state index contributed by atoms with van der Waals surface area (Å²) in [5.74, 6) is 5.49. The van der Waals surface area contributed by atoms with Crippen molar-refractivity contribution in [3.63, 3.8) is 0 Å².